The molecule has 1 amide bonds. The van der Waals surface area contributed by atoms with Crippen molar-refractivity contribution in [3.05, 3.63) is 48.9 Å². The number of aromatic nitrogens is 2. The summed E-state index contributed by atoms with van der Waals surface area (Å²) < 4.78 is 11.0. The van der Waals surface area contributed by atoms with Crippen LogP contribution in [-0.2, 0) is 9.53 Å². The summed E-state index contributed by atoms with van der Waals surface area (Å²) >= 11 is 0. The zero-order valence-corrected chi connectivity index (χ0v) is 14.4. The molecule has 0 N–H and O–H groups in total. The number of benzene rings is 1. The maximum Gasteiger partial charge on any atom is 0.252 e. The van der Waals surface area contributed by atoms with Crippen LogP contribution in [0.4, 0.5) is 0 Å². The van der Waals surface area contributed by atoms with Gasteiger partial charge < -0.3 is 14.2 Å². The van der Waals surface area contributed by atoms with Gasteiger partial charge in [0.05, 0.1) is 6.61 Å². The molecule has 1 aliphatic heterocycles. The number of rotatable bonds is 6. The van der Waals surface area contributed by atoms with Gasteiger partial charge in [0.15, 0.2) is 0 Å². The topological polar surface area (TPSA) is 68.5 Å². The van der Waals surface area contributed by atoms with Gasteiger partial charge in [-0.15, -0.1) is 6.58 Å². The van der Waals surface area contributed by atoms with Crippen molar-refractivity contribution < 1.29 is 14.1 Å². The van der Waals surface area contributed by atoms with Crippen molar-refractivity contribution in [1.29, 1.82) is 0 Å². The molecule has 1 aromatic heterocycles. The minimum Gasteiger partial charge on any atom is -0.365 e. The number of ether oxygens (including phenoxy) is 1. The summed E-state index contributed by atoms with van der Waals surface area (Å²) in [4.78, 5) is 19.1. The Balaban J connectivity index is 1.78. The summed E-state index contributed by atoms with van der Waals surface area (Å²) in [6.45, 7) is 6.41. The van der Waals surface area contributed by atoms with Crippen molar-refractivity contribution in [2.75, 3.05) is 13.2 Å². The van der Waals surface area contributed by atoms with Crippen LogP contribution in [-0.4, -0.2) is 40.2 Å². The third-order valence-electron chi connectivity index (χ3n) is 4.36. The molecule has 1 aromatic carbocycles. The molecule has 2 heterocycles. The molecule has 25 heavy (non-hydrogen) atoms. The Bertz CT molecular complexity index is 714. The molecular formula is C19H23N3O3. The van der Waals surface area contributed by atoms with Crippen LogP contribution in [0.2, 0.25) is 0 Å². The molecule has 2 aromatic rings. The van der Waals surface area contributed by atoms with Crippen LogP contribution in [0, 0.1) is 0 Å². The maximum atomic E-state index is 12.7. The smallest absolute Gasteiger partial charge is 0.252 e. The minimum absolute atomic E-state index is 0.0500. The van der Waals surface area contributed by atoms with Gasteiger partial charge in [-0.2, -0.15) is 4.98 Å². The normalized spacial score (nSPS) is 18.8. The van der Waals surface area contributed by atoms with E-state index in [2.05, 4.69) is 16.7 Å². The van der Waals surface area contributed by atoms with Gasteiger partial charge in [-0.1, -0.05) is 41.6 Å². The fourth-order valence-electron chi connectivity index (χ4n) is 3.04. The van der Waals surface area contributed by atoms with Crippen LogP contribution in [0.3, 0.4) is 0 Å². The molecule has 0 unspecified atom stereocenters. The Morgan fingerprint density at radius 3 is 3.00 bits per heavy atom. The maximum absolute atomic E-state index is 12.7. The first-order valence-corrected chi connectivity index (χ1v) is 8.62. The van der Waals surface area contributed by atoms with E-state index in [1.807, 2.05) is 30.3 Å². The number of piperidine rings is 1. The average Bonchev–Trinajstić information content (AvgIpc) is 3.16. The van der Waals surface area contributed by atoms with Gasteiger partial charge in [-0.25, -0.2) is 0 Å². The van der Waals surface area contributed by atoms with Crippen LogP contribution in [0.25, 0.3) is 11.4 Å². The SMILES string of the molecule is C=CCO[C@@H](C)C(=O)N1CCCC[C@H]1c1nc(-c2ccccc2)no1. The van der Waals surface area contributed by atoms with Crippen LogP contribution < -0.4 is 0 Å². The molecule has 3 rings (SSSR count). The zero-order chi connectivity index (χ0) is 17.6. The van der Waals surface area contributed by atoms with Crippen molar-refractivity contribution in [2.45, 2.75) is 38.3 Å². The van der Waals surface area contributed by atoms with E-state index < -0.39 is 6.10 Å². The quantitative estimate of drug-likeness (QED) is 0.754. The van der Waals surface area contributed by atoms with Gasteiger partial charge in [0, 0.05) is 12.1 Å². The third-order valence-corrected chi connectivity index (χ3v) is 4.36. The lowest BCUT2D eigenvalue weighted by Gasteiger charge is -2.34. The third kappa shape index (κ3) is 3.96. The Morgan fingerprint density at radius 1 is 1.44 bits per heavy atom. The van der Waals surface area contributed by atoms with Crippen molar-refractivity contribution in [3.63, 3.8) is 0 Å². The highest BCUT2D eigenvalue weighted by atomic mass is 16.5. The number of carbonyl (C=O) groups is 1. The first kappa shape index (κ1) is 17.4. The van der Waals surface area contributed by atoms with Crippen LogP contribution in [0.5, 0.6) is 0 Å². The largest absolute Gasteiger partial charge is 0.365 e. The van der Waals surface area contributed by atoms with Crippen LogP contribution in [0.1, 0.15) is 38.1 Å². The van der Waals surface area contributed by atoms with Crippen molar-refractivity contribution in [3.8, 4) is 11.4 Å². The number of nitrogens with zero attached hydrogens (tertiary/aromatic N) is 3. The number of hydrogen-bond donors (Lipinski definition) is 0. The lowest BCUT2D eigenvalue weighted by molar-refractivity contribution is -0.146. The highest BCUT2D eigenvalue weighted by molar-refractivity contribution is 5.81. The molecule has 0 bridgehead atoms. The van der Waals surface area contributed by atoms with E-state index >= 15 is 0 Å². The van der Waals surface area contributed by atoms with E-state index in [0.717, 1.165) is 24.8 Å². The molecule has 0 saturated carbocycles. The van der Waals surface area contributed by atoms with Gasteiger partial charge in [-0.05, 0) is 26.2 Å². The molecule has 6 heteroatoms. The standard InChI is InChI=1S/C19H23N3O3/c1-3-13-24-14(2)19(23)22-12-8-7-11-16(22)18-20-17(21-25-18)15-9-5-4-6-10-15/h3-6,9-10,14,16H,1,7-8,11-13H2,2H3/t14-,16-/m0/s1. The molecule has 1 saturated heterocycles. The lowest BCUT2D eigenvalue weighted by Crippen LogP contribution is -2.44. The predicted octanol–water partition coefficient (Wildman–Crippen LogP) is 3.38. The van der Waals surface area contributed by atoms with E-state index in [1.165, 1.54) is 0 Å². The van der Waals surface area contributed by atoms with Crippen LogP contribution in [0.15, 0.2) is 47.5 Å². The molecular weight excluding hydrogens is 318 g/mol. The van der Waals surface area contributed by atoms with Gasteiger partial charge in [0.2, 0.25) is 11.7 Å². The number of likely N-dealkylation sites (tertiary alicyclic amines) is 1. The summed E-state index contributed by atoms with van der Waals surface area (Å²) in [6.07, 6.45) is 3.93. The molecule has 0 radical (unpaired) electrons. The molecule has 0 spiro atoms. The average molecular weight is 341 g/mol. The van der Waals surface area contributed by atoms with Gasteiger partial charge in [0.1, 0.15) is 12.1 Å². The van der Waals surface area contributed by atoms with Crippen LogP contribution >= 0.6 is 0 Å². The Labute approximate surface area is 147 Å². The van der Waals surface area contributed by atoms with Gasteiger partial charge in [-0.3, -0.25) is 4.79 Å². The van der Waals surface area contributed by atoms with E-state index in [9.17, 15) is 4.79 Å². The first-order chi connectivity index (χ1) is 12.2. The second kappa shape index (κ2) is 8.07. The fourth-order valence-corrected chi connectivity index (χ4v) is 3.04. The molecule has 1 fully saturated rings. The lowest BCUT2D eigenvalue weighted by atomic mass is 10.0. The monoisotopic (exact) mass is 341 g/mol. The van der Waals surface area contributed by atoms with E-state index in [0.29, 0.717) is 24.9 Å². The highest BCUT2D eigenvalue weighted by Crippen LogP contribution is 2.31. The Kier molecular flexibility index (Phi) is 5.60. The highest BCUT2D eigenvalue weighted by Gasteiger charge is 2.34. The molecule has 2 atom stereocenters. The zero-order valence-electron chi connectivity index (χ0n) is 14.4. The van der Waals surface area contributed by atoms with Gasteiger partial charge >= 0.3 is 0 Å². The second-order valence-corrected chi connectivity index (χ2v) is 6.13. The number of carbonyl (C=O) groups excluding carboxylic acids is 1. The molecule has 6 nitrogen and oxygen atoms in total. The fraction of sp³-hybridized carbons (Fsp3) is 0.421. The summed E-state index contributed by atoms with van der Waals surface area (Å²) in [6, 6.07) is 9.48. The predicted molar refractivity (Wildman–Crippen MR) is 93.7 cm³/mol. The van der Waals surface area contributed by atoms with E-state index in [1.54, 1.807) is 17.9 Å². The number of amides is 1. The first-order valence-electron chi connectivity index (χ1n) is 8.62. The van der Waals surface area contributed by atoms with Gasteiger partial charge in [0.25, 0.3) is 5.91 Å². The molecule has 0 aliphatic carbocycles. The summed E-state index contributed by atoms with van der Waals surface area (Å²) in [5.41, 5.74) is 0.897. The summed E-state index contributed by atoms with van der Waals surface area (Å²) in [7, 11) is 0. The van der Waals surface area contributed by atoms with Crippen molar-refractivity contribution in [1.82, 2.24) is 15.0 Å². The second-order valence-electron chi connectivity index (χ2n) is 6.13. The minimum atomic E-state index is -0.518. The Morgan fingerprint density at radius 2 is 2.24 bits per heavy atom. The molecule has 1 aliphatic rings. The van der Waals surface area contributed by atoms with Crippen molar-refractivity contribution >= 4 is 5.91 Å². The van der Waals surface area contributed by atoms with E-state index in [4.69, 9.17) is 9.26 Å². The van der Waals surface area contributed by atoms with Crippen molar-refractivity contribution in [2.24, 2.45) is 0 Å². The van der Waals surface area contributed by atoms with E-state index in [-0.39, 0.29) is 11.9 Å². The Hall–Kier alpha value is -2.47. The number of hydrogen-bond acceptors (Lipinski definition) is 5. The molecule has 132 valence electrons. The summed E-state index contributed by atoms with van der Waals surface area (Å²) in [5.74, 6) is 0.985. The summed E-state index contributed by atoms with van der Waals surface area (Å²) in [5, 5.41) is 4.08.